The molecule has 5 heavy (non-hydrogen) atoms. The third kappa shape index (κ3) is 169. The molecule has 0 aromatic carbocycles. The monoisotopic (exact) mass is 146 g/mol. The van der Waals surface area contributed by atoms with E-state index in [1.165, 1.54) is 0 Å². The minimum absolute atomic E-state index is 0. The normalized spacial score (nSPS) is 2.40. The topological polar surface area (TPSA) is 37.3 Å². The Hall–Kier alpha value is 0.383. The molecular weight excluding hydrogens is 145 g/mol. The molecule has 0 radical (unpaired) electrons. The second-order valence-electron chi connectivity index (χ2n) is 0.105. The van der Waals surface area contributed by atoms with E-state index in [1.54, 1.807) is 0 Å². The third-order valence-corrected chi connectivity index (χ3v) is 0. The summed E-state index contributed by atoms with van der Waals surface area (Å²) in [5, 5.41) is 6.89. The Morgan fingerprint density at radius 2 is 1.60 bits per heavy atom. The van der Waals surface area contributed by atoms with E-state index >= 15 is 0 Å². The first-order valence-corrected chi connectivity index (χ1v) is 0.494. The molecule has 0 aromatic rings. The predicted molar refractivity (Wildman–Crippen MR) is 15.9 cm³/mol. The summed E-state index contributed by atoms with van der Waals surface area (Å²) in [7, 11) is 0. The number of carboxylic acid groups (broad SMARTS) is 1. The summed E-state index contributed by atoms with van der Waals surface area (Å²) >= 11 is 0. The molecule has 0 amide bonds. The van der Waals surface area contributed by atoms with Gasteiger partial charge in [0.05, 0.1) is 0 Å². The van der Waals surface area contributed by atoms with Crippen molar-refractivity contribution in [1.29, 1.82) is 0 Å². The molecule has 0 saturated heterocycles. The number of hydrogen-bond donors (Lipinski definition) is 1. The zero-order valence-corrected chi connectivity index (χ0v) is 6.33. The molecule has 0 atom stereocenters. The Balaban J connectivity index is -0.0000000200. The maximum Gasteiger partial charge on any atom is 0.290 e. The summed E-state index contributed by atoms with van der Waals surface area (Å²) in [5.41, 5.74) is 0. The first-order valence-electron chi connectivity index (χ1n) is 0.494. The predicted octanol–water partition coefficient (Wildman–Crippen LogP) is 0.120. The molecule has 0 aliphatic heterocycles. The van der Waals surface area contributed by atoms with Crippen molar-refractivity contribution in [3.05, 3.63) is 0 Å². The Morgan fingerprint density at radius 3 is 1.60 bits per heavy atom. The second-order valence-corrected chi connectivity index (χ2v) is 0.105. The van der Waals surface area contributed by atoms with E-state index in [1.807, 2.05) is 0 Å². The second kappa shape index (κ2) is 26.2. The van der Waals surface area contributed by atoms with Crippen LogP contribution in [0, 0.1) is 0 Å². The maximum absolute atomic E-state index is 8.36. The zero-order chi connectivity index (χ0) is 2.71. The van der Waals surface area contributed by atoms with Crippen molar-refractivity contribution in [2.45, 2.75) is 0 Å². The van der Waals surface area contributed by atoms with Gasteiger partial charge in [-0.3, -0.25) is 4.79 Å². The summed E-state index contributed by atoms with van der Waals surface area (Å²) in [4.78, 5) is 8.36. The van der Waals surface area contributed by atoms with E-state index < -0.39 is 0 Å². The Kier molecular flexibility index (Phi) is 95.5. The summed E-state index contributed by atoms with van der Waals surface area (Å²) in [6.45, 7) is -0.250. The van der Waals surface area contributed by atoms with Crippen molar-refractivity contribution in [2.24, 2.45) is 0 Å². The SMILES string of the molecule is Cl.O=CO.[Zn]. The van der Waals surface area contributed by atoms with Gasteiger partial charge in [0.25, 0.3) is 6.47 Å². The van der Waals surface area contributed by atoms with Gasteiger partial charge in [0, 0.05) is 19.5 Å². The Bertz CT molecular complexity index is 17.1. The summed E-state index contributed by atoms with van der Waals surface area (Å²) in [6.07, 6.45) is 0. The van der Waals surface area contributed by atoms with E-state index in [2.05, 4.69) is 0 Å². The molecule has 1 N–H and O–H groups in total. The average Bonchev–Trinajstić information content (AvgIpc) is 0.918. The van der Waals surface area contributed by atoms with Crippen molar-refractivity contribution in [3.8, 4) is 0 Å². The fraction of sp³-hybridized carbons (Fsp3) is 0. The first-order chi connectivity index (χ1) is 1.41. The maximum atomic E-state index is 8.36. The van der Waals surface area contributed by atoms with Gasteiger partial charge in [-0.1, -0.05) is 0 Å². The van der Waals surface area contributed by atoms with E-state index in [4.69, 9.17) is 9.90 Å². The summed E-state index contributed by atoms with van der Waals surface area (Å²) < 4.78 is 0. The quantitative estimate of drug-likeness (QED) is 0.391. The van der Waals surface area contributed by atoms with Gasteiger partial charge in [0.1, 0.15) is 0 Å². The van der Waals surface area contributed by atoms with Crippen LogP contribution in [0.15, 0.2) is 0 Å². The average molecular weight is 148 g/mol. The molecule has 0 aromatic heterocycles. The number of halogens is 1. The van der Waals surface area contributed by atoms with E-state index in [9.17, 15) is 0 Å². The minimum atomic E-state index is -0.250. The molecule has 0 aliphatic rings. The Labute approximate surface area is 48.7 Å². The molecule has 2 nitrogen and oxygen atoms in total. The van der Waals surface area contributed by atoms with Gasteiger partial charge >= 0.3 is 0 Å². The van der Waals surface area contributed by atoms with Gasteiger partial charge in [-0.05, 0) is 0 Å². The van der Waals surface area contributed by atoms with Crippen LogP contribution >= 0.6 is 12.4 Å². The molecule has 0 spiro atoms. The summed E-state index contributed by atoms with van der Waals surface area (Å²) in [5.74, 6) is 0. The van der Waals surface area contributed by atoms with Gasteiger partial charge < -0.3 is 5.11 Å². The number of hydrogen-bond acceptors (Lipinski definition) is 1. The van der Waals surface area contributed by atoms with Crippen LogP contribution in [0.3, 0.4) is 0 Å². The molecule has 0 heterocycles. The fourth-order valence-electron chi connectivity index (χ4n) is 0. The molecule has 0 aliphatic carbocycles. The molecule has 4 heteroatoms. The van der Waals surface area contributed by atoms with Crippen molar-refractivity contribution < 1.29 is 29.4 Å². The van der Waals surface area contributed by atoms with Gasteiger partial charge in [-0.25, -0.2) is 0 Å². The van der Waals surface area contributed by atoms with E-state index in [-0.39, 0.29) is 38.4 Å². The molecule has 28 valence electrons. The van der Waals surface area contributed by atoms with Crippen LogP contribution in [0.5, 0.6) is 0 Å². The van der Waals surface area contributed by atoms with Crippen molar-refractivity contribution >= 4 is 18.9 Å². The van der Waals surface area contributed by atoms with E-state index in [0.29, 0.717) is 0 Å². The Morgan fingerprint density at radius 1 is 1.60 bits per heavy atom. The molecule has 0 fully saturated rings. The first kappa shape index (κ1) is 18.2. The van der Waals surface area contributed by atoms with Crippen LogP contribution in [0.1, 0.15) is 0 Å². The van der Waals surface area contributed by atoms with Gasteiger partial charge in [0.15, 0.2) is 0 Å². The summed E-state index contributed by atoms with van der Waals surface area (Å²) in [6, 6.07) is 0. The van der Waals surface area contributed by atoms with Crippen LogP contribution in [0.2, 0.25) is 0 Å². The minimum Gasteiger partial charge on any atom is -0.483 e. The van der Waals surface area contributed by atoms with Crippen LogP contribution in [-0.2, 0) is 24.3 Å². The van der Waals surface area contributed by atoms with Crippen LogP contribution in [-0.4, -0.2) is 11.6 Å². The standard InChI is InChI=1S/CH2O2.ClH.Zn/c2-1-3;;/h1H,(H,2,3);1H;. The van der Waals surface area contributed by atoms with Gasteiger partial charge in [0.2, 0.25) is 0 Å². The van der Waals surface area contributed by atoms with E-state index in [0.717, 1.165) is 0 Å². The van der Waals surface area contributed by atoms with Crippen LogP contribution in [0.25, 0.3) is 0 Å². The van der Waals surface area contributed by atoms with Gasteiger partial charge in [-0.2, -0.15) is 0 Å². The van der Waals surface area contributed by atoms with Crippen molar-refractivity contribution in [2.75, 3.05) is 0 Å². The molecule has 0 unspecified atom stereocenters. The van der Waals surface area contributed by atoms with Crippen molar-refractivity contribution in [1.82, 2.24) is 0 Å². The zero-order valence-electron chi connectivity index (χ0n) is 2.55. The smallest absolute Gasteiger partial charge is 0.290 e. The van der Waals surface area contributed by atoms with Gasteiger partial charge in [-0.15, -0.1) is 12.4 Å². The van der Waals surface area contributed by atoms with Crippen molar-refractivity contribution in [3.63, 3.8) is 0 Å². The van der Waals surface area contributed by atoms with Crippen LogP contribution < -0.4 is 0 Å². The third-order valence-electron chi connectivity index (χ3n) is 0. The largest absolute Gasteiger partial charge is 0.483 e. The number of carbonyl (C=O) groups is 1. The number of rotatable bonds is 0. The fourth-order valence-corrected chi connectivity index (χ4v) is 0. The molecule has 0 saturated carbocycles. The molecule has 0 rings (SSSR count). The van der Waals surface area contributed by atoms with Crippen LogP contribution in [0.4, 0.5) is 0 Å². The molecular formula is CH3ClO2Zn. The molecule has 0 bridgehead atoms.